The van der Waals surface area contributed by atoms with E-state index in [-0.39, 0.29) is 0 Å². The monoisotopic (exact) mass is 211 g/mol. The Kier molecular flexibility index (Phi) is 2.10. The van der Waals surface area contributed by atoms with Gasteiger partial charge in [-0.15, -0.1) is 0 Å². The maximum atomic E-state index is 4.56. The van der Waals surface area contributed by atoms with Crippen LogP contribution in [-0.2, 0) is 6.42 Å². The quantitative estimate of drug-likeness (QED) is 0.707. The molecule has 1 aromatic carbocycles. The average molecular weight is 211 g/mol. The minimum Gasteiger partial charge on any atom is -0.354 e. The normalized spacial score (nSPS) is 12.1. The number of fused-ring (bicyclic) bond motifs is 3. The number of rotatable bonds is 2. The van der Waals surface area contributed by atoms with Crippen molar-refractivity contribution in [2.45, 2.75) is 13.3 Å². The first-order valence-corrected chi connectivity index (χ1v) is 5.56. The molecule has 3 heteroatoms. The summed E-state index contributed by atoms with van der Waals surface area (Å²) in [5.41, 5.74) is 4.91. The molecule has 1 heterocycles. The lowest BCUT2D eigenvalue weighted by atomic mass is 10.1. The van der Waals surface area contributed by atoms with Crippen molar-refractivity contribution in [3.8, 4) is 11.3 Å². The molecule has 0 unspecified atom stereocenters. The predicted molar refractivity (Wildman–Crippen MR) is 64.4 cm³/mol. The molecular weight excluding hydrogens is 198 g/mol. The van der Waals surface area contributed by atoms with E-state index in [4.69, 9.17) is 0 Å². The minimum absolute atomic E-state index is 0.720. The number of benzene rings is 1. The van der Waals surface area contributed by atoms with Crippen LogP contribution in [0.5, 0.6) is 0 Å². The maximum Gasteiger partial charge on any atom is 0.223 e. The van der Waals surface area contributed by atoms with Crippen LogP contribution in [-0.4, -0.2) is 16.5 Å². The average Bonchev–Trinajstić information content (AvgIpc) is 2.68. The van der Waals surface area contributed by atoms with E-state index in [1.54, 1.807) is 0 Å². The zero-order valence-corrected chi connectivity index (χ0v) is 9.20. The van der Waals surface area contributed by atoms with Gasteiger partial charge in [0.2, 0.25) is 5.95 Å². The van der Waals surface area contributed by atoms with Gasteiger partial charge in [0.1, 0.15) is 0 Å². The fraction of sp³-hybridized carbons (Fsp3) is 0.231. The fourth-order valence-corrected chi connectivity index (χ4v) is 2.12. The highest BCUT2D eigenvalue weighted by atomic mass is 15.1. The van der Waals surface area contributed by atoms with Gasteiger partial charge < -0.3 is 5.32 Å². The van der Waals surface area contributed by atoms with Gasteiger partial charge in [-0.1, -0.05) is 24.3 Å². The third kappa shape index (κ3) is 1.36. The smallest absolute Gasteiger partial charge is 0.223 e. The molecule has 0 amide bonds. The van der Waals surface area contributed by atoms with Gasteiger partial charge in [-0.25, -0.2) is 9.97 Å². The summed E-state index contributed by atoms with van der Waals surface area (Å²) in [5, 5.41) is 3.15. The lowest BCUT2D eigenvalue weighted by Crippen LogP contribution is -2.02. The zero-order valence-electron chi connectivity index (χ0n) is 9.20. The summed E-state index contributed by atoms with van der Waals surface area (Å²) >= 11 is 0. The molecule has 16 heavy (non-hydrogen) atoms. The van der Waals surface area contributed by atoms with E-state index in [0.717, 1.165) is 24.6 Å². The summed E-state index contributed by atoms with van der Waals surface area (Å²) in [5.74, 6) is 0.720. The molecule has 0 spiro atoms. The van der Waals surface area contributed by atoms with Crippen molar-refractivity contribution in [3.05, 3.63) is 41.6 Å². The van der Waals surface area contributed by atoms with Crippen molar-refractivity contribution in [2.24, 2.45) is 0 Å². The summed E-state index contributed by atoms with van der Waals surface area (Å²) in [6, 6.07) is 8.42. The Bertz CT molecular complexity index is 534. The second kappa shape index (κ2) is 3.59. The summed E-state index contributed by atoms with van der Waals surface area (Å²) in [6.07, 6.45) is 2.89. The summed E-state index contributed by atoms with van der Waals surface area (Å²) in [6.45, 7) is 2.89. The Balaban J connectivity index is 2.11. The van der Waals surface area contributed by atoms with E-state index in [0.29, 0.717) is 0 Å². The van der Waals surface area contributed by atoms with Crippen LogP contribution in [0.2, 0.25) is 0 Å². The van der Waals surface area contributed by atoms with E-state index in [2.05, 4.69) is 39.6 Å². The van der Waals surface area contributed by atoms with Crippen LogP contribution in [0.4, 0.5) is 5.95 Å². The van der Waals surface area contributed by atoms with Gasteiger partial charge in [0, 0.05) is 30.3 Å². The van der Waals surface area contributed by atoms with Gasteiger partial charge in [0.05, 0.1) is 5.69 Å². The Hall–Kier alpha value is -1.90. The first-order chi connectivity index (χ1) is 7.88. The predicted octanol–water partition coefficient (Wildman–Crippen LogP) is 2.48. The maximum absolute atomic E-state index is 4.56. The van der Waals surface area contributed by atoms with Gasteiger partial charge >= 0.3 is 0 Å². The molecule has 0 atom stereocenters. The SMILES string of the molecule is CCNc1ncc2c(n1)-c1ccccc1C2. The minimum atomic E-state index is 0.720. The van der Waals surface area contributed by atoms with Crippen LogP contribution in [0.3, 0.4) is 0 Å². The van der Waals surface area contributed by atoms with E-state index in [1.165, 1.54) is 16.7 Å². The molecule has 0 fully saturated rings. The van der Waals surface area contributed by atoms with Crippen molar-refractivity contribution in [3.63, 3.8) is 0 Å². The second-order valence-electron chi connectivity index (χ2n) is 3.93. The van der Waals surface area contributed by atoms with E-state index in [1.807, 2.05) is 13.1 Å². The molecule has 2 aromatic rings. The van der Waals surface area contributed by atoms with Crippen molar-refractivity contribution in [1.82, 2.24) is 9.97 Å². The van der Waals surface area contributed by atoms with Crippen LogP contribution in [0.25, 0.3) is 11.3 Å². The second-order valence-corrected chi connectivity index (χ2v) is 3.93. The van der Waals surface area contributed by atoms with Crippen LogP contribution in [0.1, 0.15) is 18.1 Å². The highest BCUT2D eigenvalue weighted by Crippen LogP contribution is 2.34. The first-order valence-electron chi connectivity index (χ1n) is 5.56. The number of nitrogens with one attached hydrogen (secondary N) is 1. The molecule has 0 radical (unpaired) electrons. The van der Waals surface area contributed by atoms with Crippen LogP contribution in [0, 0.1) is 0 Å². The van der Waals surface area contributed by atoms with E-state index in [9.17, 15) is 0 Å². The summed E-state index contributed by atoms with van der Waals surface area (Å²) in [4.78, 5) is 8.86. The Morgan fingerprint density at radius 2 is 2.12 bits per heavy atom. The van der Waals surface area contributed by atoms with Crippen LogP contribution >= 0.6 is 0 Å². The van der Waals surface area contributed by atoms with Crippen molar-refractivity contribution in [2.75, 3.05) is 11.9 Å². The van der Waals surface area contributed by atoms with Gasteiger partial charge in [0.25, 0.3) is 0 Å². The first kappa shape index (κ1) is 9.33. The highest BCUT2D eigenvalue weighted by Gasteiger charge is 2.19. The summed E-state index contributed by atoms with van der Waals surface area (Å²) < 4.78 is 0. The Morgan fingerprint density at radius 1 is 1.25 bits per heavy atom. The molecular formula is C13H13N3. The lowest BCUT2D eigenvalue weighted by Gasteiger charge is -2.04. The van der Waals surface area contributed by atoms with Crippen molar-refractivity contribution >= 4 is 5.95 Å². The lowest BCUT2D eigenvalue weighted by molar-refractivity contribution is 1.07. The highest BCUT2D eigenvalue weighted by molar-refractivity contribution is 5.73. The van der Waals surface area contributed by atoms with Crippen molar-refractivity contribution < 1.29 is 0 Å². The molecule has 0 saturated heterocycles. The molecule has 80 valence electrons. The molecule has 1 aromatic heterocycles. The topological polar surface area (TPSA) is 37.8 Å². The van der Waals surface area contributed by atoms with Crippen LogP contribution in [0.15, 0.2) is 30.5 Å². The molecule has 0 bridgehead atoms. The number of nitrogens with zero attached hydrogens (tertiary/aromatic N) is 2. The van der Waals surface area contributed by atoms with Gasteiger partial charge in [-0.05, 0) is 12.5 Å². The third-order valence-electron chi connectivity index (χ3n) is 2.85. The zero-order chi connectivity index (χ0) is 11.0. The molecule has 1 N–H and O–H groups in total. The molecule has 0 saturated carbocycles. The number of anilines is 1. The Morgan fingerprint density at radius 3 is 3.00 bits per heavy atom. The third-order valence-corrected chi connectivity index (χ3v) is 2.85. The van der Waals surface area contributed by atoms with Crippen molar-refractivity contribution in [1.29, 1.82) is 0 Å². The molecule has 1 aliphatic carbocycles. The molecule has 3 nitrogen and oxygen atoms in total. The summed E-state index contributed by atoms with van der Waals surface area (Å²) in [7, 11) is 0. The van der Waals surface area contributed by atoms with E-state index >= 15 is 0 Å². The number of aromatic nitrogens is 2. The fourth-order valence-electron chi connectivity index (χ4n) is 2.12. The van der Waals surface area contributed by atoms with Crippen LogP contribution < -0.4 is 5.32 Å². The molecule has 3 rings (SSSR count). The van der Waals surface area contributed by atoms with Gasteiger partial charge in [-0.3, -0.25) is 0 Å². The number of hydrogen-bond donors (Lipinski definition) is 1. The Labute approximate surface area is 94.6 Å². The van der Waals surface area contributed by atoms with Gasteiger partial charge in [0.15, 0.2) is 0 Å². The van der Waals surface area contributed by atoms with Gasteiger partial charge in [-0.2, -0.15) is 0 Å². The van der Waals surface area contributed by atoms with E-state index < -0.39 is 0 Å². The molecule has 1 aliphatic rings. The molecule has 0 aliphatic heterocycles. The standard InChI is InChI=1S/C13H13N3/c1-2-14-13-15-8-10-7-9-5-3-4-6-11(9)12(10)16-13/h3-6,8H,2,7H2,1H3,(H,14,15,16). The largest absolute Gasteiger partial charge is 0.354 e. The number of hydrogen-bond acceptors (Lipinski definition) is 3.